The van der Waals surface area contributed by atoms with Gasteiger partial charge in [0, 0.05) is 21.8 Å². The van der Waals surface area contributed by atoms with Crippen molar-refractivity contribution in [3.05, 3.63) is 124 Å². The number of nitrogens with one attached hydrogen (secondary N) is 2. The van der Waals surface area contributed by atoms with Crippen molar-refractivity contribution in [1.29, 1.82) is 0 Å². The van der Waals surface area contributed by atoms with Crippen molar-refractivity contribution in [2.45, 2.75) is 13.1 Å². The maximum Gasteiger partial charge on any atom is 0.416 e. The largest absolute Gasteiger partial charge is 0.490 e. The minimum absolute atomic E-state index is 0.137. The summed E-state index contributed by atoms with van der Waals surface area (Å²) in [6, 6.07) is 20.7. The summed E-state index contributed by atoms with van der Waals surface area (Å²) < 4.78 is 50.0. The van der Waals surface area contributed by atoms with Crippen LogP contribution in [0.15, 0.2) is 96.1 Å². The number of esters is 1. The molecule has 0 atom stereocenters. The molecule has 0 radical (unpaired) electrons. The predicted molar refractivity (Wildman–Crippen MR) is 155 cm³/mol. The number of ether oxygens (including phenoxy) is 2. The van der Waals surface area contributed by atoms with Gasteiger partial charge in [-0.3, -0.25) is 9.59 Å². The predicted octanol–water partition coefficient (Wildman–Crippen LogP) is 6.99. The molecule has 8 nitrogen and oxygen atoms in total. The highest BCUT2D eigenvalue weighted by atomic mass is 35.5. The summed E-state index contributed by atoms with van der Waals surface area (Å²) in [7, 11) is 0. The average molecular weight is 610 g/mol. The molecule has 0 saturated heterocycles. The van der Waals surface area contributed by atoms with Crippen LogP contribution in [0.4, 0.5) is 18.9 Å². The van der Waals surface area contributed by atoms with Crippen molar-refractivity contribution >= 4 is 41.3 Å². The number of nitrogens with zero attached hydrogens (tertiary/aromatic N) is 1. The second-order valence-electron chi connectivity index (χ2n) is 8.85. The van der Waals surface area contributed by atoms with Gasteiger partial charge in [-0.15, -0.1) is 0 Å². The molecule has 12 heteroatoms. The summed E-state index contributed by atoms with van der Waals surface area (Å²) in [5.74, 6) is -1.50. The van der Waals surface area contributed by atoms with E-state index in [0.29, 0.717) is 22.8 Å². The molecule has 0 aliphatic heterocycles. The van der Waals surface area contributed by atoms with Crippen LogP contribution in [0, 0.1) is 0 Å². The Balaban J connectivity index is 1.39. The lowest BCUT2D eigenvalue weighted by Gasteiger charge is -2.11. The van der Waals surface area contributed by atoms with E-state index in [2.05, 4.69) is 15.8 Å². The van der Waals surface area contributed by atoms with Gasteiger partial charge in [0.25, 0.3) is 11.8 Å². The van der Waals surface area contributed by atoms with Crippen LogP contribution in [0.1, 0.15) is 49.1 Å². The second-order valence-corrected chi connectivity index (χ2v) is 9.28. The fourth-order valence-electron chi connectivity index (χ4n) is 3.71. The zero-order chi connectivity index (χ0) is 31.0. The Bertz CT molecular complexity index is 1670. The zero-order valence-electron chi connectivity index (χ0n) is 22.4. The summed E-state index contributed by atoms with van der Waals surface area (Å²) in [6.45, 7) is 2.06. The van der Waals surface area contributed by atoms with Crippen molar-refractivity contribution in [3.63, 3.8) is 0 Å². The van der Waals surface area contributed by atoms with Gasteiger partial charge in [0.2, 0.25) is 0 Å². The first-order valence-electron chi connectivity index (χ1n) is 12.7. The number of hydrogen-bond donors (Lipinski definition) is 2. The van der Waals surface area contributed by atoms with E-state index in [4.69, 9.17) is 21.1 Å². The lowest BCUT2D eigenvalue weighted by molar-refractivity contribution is -0.137. The molecule has 4 aromatic rings. The van der Waals surface area contributed by atoms with E-state index >= 15 is 0 Å². The van der Waals surface area contributed by atoms with Crippen molar-refractivity contribution in [1.82, 2.24) is 5.43 Å². The molecule has 2 amide bonds. The third kappa shape index (κ3) is 8.43. The molecule has 2 N–H and O–H groups in total. The maximum atomic E-state index is 13.0. The molecule has 220 valence electrons. The molecule has 0 bridgehead atoms. The quantitative estimate of drug-likeness (QED) is 0.0920. The maximum absolute atomic E-state index is 13.0. The molecule has 0 heterocycles. The van der Waals surface area contributed by atoms with Crippen LogP contribution in [-0.4, -0.2) is 30.6 Å². The summed E-state index contributed by atoms with van der Waals surface area (Å²) in [4.78, 5) is 37.6. The number of benzene rings is 4. The third-order valence-corrected chi connectivity index (χ3v) is 6.02. The molecular formula is C31H23ClF3N3O5. The Morgan fingerprint density at radius 2 is 1.53 bits per heavy atom. The molecular weight excluding hydrogens is 587 g/mol. The van der Waals surface area contributed by atoms with E-state index in [1.54, 1.807) is 31.2 Å². The summed E-state index contributed by atoms with van der Waals surface area (Å²) in [5, 5.41) is 6.91. The molecule has 0 saturated carbocycles. The molecule has 0 spiro atoms. The first-order valence-corrected chi connectivity index (χ1v) is 13.1. The van der Waals surface area contributed by atoms with E-state index in [1.807, 2.05) is 0 Å². The topological polar surface area (TPSA) is 106 Å². The first-order chi connectivity index (χ1) is 20.5. The number of halogens is 4. The number of carbonyl (C=O) groups excluding carboxylic acids is 3. The van der Waals surface area contributed by atoms with Crippen LogP contribution in [0.2, 0.25) is 5.02 Å². The highest BCUT2D eigenvalue weighted by molar-refractivity contribution is 6.30. The number of alkyl halides is 3. The van der Waals surface area contributed by atoms with Crippen molar-refractivity contribution in [3.8, 4) is 11.5 Å². The van der Waals surface area contributed by atoms with Crippen molar-refractivity contribution in [2.24, 2.45) is 5.10 Å². The van der Waals surface area contributed by atoms with E-state index in [0.717, 1.165) is 18.2 Å². The third-order valence-electron chi connectivity index (χ3n) is 5.76. The van der Waals surface area contributed by atoms with Gasteiger partial charge in [0.05, 0.1) is 23.9 Å². The Kier molecular flexibility index (Phi) is 9.79. The highest BCUT2D eigenvalue weighted by Crippen LogP contribution is 2.30. The summed E-state index contributed by atoms with van der Waals surface area (Å²) in [5.41, 5.74) is 2.39. The Labute approximate surface area is 249 Å². The summed E-state index contributed by atoms with van der Waals surface area (Å²) >= 11 is 5.86. The van der Waals surface area contributed by atoms with Crippen LogP contribution in [0.3, 0.4) is 0 Å². The normalized spacial score (nSPS) is 11.2. The number of hydrogen-bond acceptors (Lipinski definition) is 6. The first kappa shape index (κ1) is 30.8. The molecule has 0 aliphatic carbocycles. The minimum atomic E-state index is -4.59. The van der Waals surface area contributed by atoms with Crippen molar-refractivity contribution < 1.29 is 37.0 Å². The van der Waals surface area contributed by atoms with Gasteiger partial charge in [-0.1, -0.05) is 23.7 Å². The molecule has 0 aliphatic rings. The van der Waals surface area contributed by atoms with Crippen molar-refractivity contribution in [2.75, 3.05) is 11.9 Å². The average Bonchev–Trinajstić information content (AvgIpc) is 2.98. The van der Waals surface area contributed by atoms with E-state index < -0.39 is 29.5 Å². The van der Waals surface area contributed by atoms with Crippen LogP contribution < -0.4 is 20.2 Å². The zero-order valence-corrected chi connectivity index (χ0v) is 23.2. The molecule has 0 unspecified atom stereocenters. The molecule has 0 aromatic heterocycles. The Morgan fingerprint density at radius 1 is 0.837 bits per heavy atom. The number of carbonyl (C=O) groups is 3. The lowest BCUT2D eigenvalue weighted by Crippen LogP contribution is -2.18. The molecule has 4 rings (SSSR count). The number of hydrazone groups is 1. The number of anilines is 1. The van der Waals surface area contributed by atoms with Gasteiger partial charge >= 0.3 is 12.1 Å². The van der Waals surface area contributed by atoms with Gasteiger partial charge in [-0.25, -0.2) is 10.2 Å². The lowest BCUT2D eigenvalue weighted by atomic mass is 10.1. The molecule has 43 heavy (non-hydrogen) atoms. The van der Waals surface area contributed by atoms with Gasteiger partial charge in [0.15, 0.2) is 11.5 Å². The van der Waals surface area contributed by atoms with E-state index in [9.17, 15) is 27.6 Å². The number of amides is 2. The second kappa shape index (κ2) is 13.7. The fraction of sp³-hybridized carbons (Fsp3) is 0.0968. The van der Waals surface area contributed by atoms with Gasteiger partial charge < -0.3 is 14.8 Å². The molecule has 0 fully saturated rings. The van der Waals surface area contributed by atoms with Crippen LogP contribution in [0.5, 0.6) is 11.5 Å². The fourth-order valence-corrected chi connectivity index (χ4v) is 3.84. The Hall–Kier alpha value is -5.16. The van der Waals surface area contributed by atoms with Crippen LogP contribution in [0.25, 0.3) is 0 Å². The number of rotatable bonds is 9. The monoisotopic (exact) mass is 609 g/mol. The van der Waals surface area contributed by atoms with E-state index in [1.165, 1.54) is 54.7 Å². The van der Waals surface area contributed by atoms with Gasteiger partial charge in [-0.05, 0) is 91.3 Å². The molecule has 4 aromatic carbocycles. The van der Waals surface area contributed by atoms with Gasteiger partial charge in [0.1, 0.15) is 0 Å². The smallest absolute Gasteiger partial charge is 0.416 e. The highest BCUT2D eigenvalue weighted by Gasteiger charge is 2.31. The standard InChI is InChI=1S/C31H23ClF3N3O5/c1-2-42-27-15-19(9-14-26(27)43-30(41)20-10-12-24(32)13-11-20)18-36-38-29(40)22-6-4-8-25(17-22)37-28(39)21-5-3-7-23(16-21)31(33,34)35/h3-18H,2H2,1H3,(H,37,39)(H,38,40). The van der Waals surface area contributed by atoms with E-state index in [-0.39, 0.29) is 28.3 Å². The Morgan fingerprint density at radius 3 is 2.23 bits per heavy atom. The minimum Gasteiger partial charge on any atom is -0.490 e. The van der Waals surface area contributed by atoms with Crippen LogP contribution in [-0.2, 0) is 6.18 Å². The van der Waals surface area contributed by atoms with Gasteiger partial charge in [-0.2, -0.15) is 18.3 Å². The summed E-state index contributed by atoms with van der Waals surface area (Å²) in [6.07, 6.45) is -3.24. The SMILES string of the molecule is CCOc1cc(C=NNC(=O)c2cccc(NC(=O)c3cccc(C(F)(F)F)c3)c2)ccc1OC(=O)c1ccc(Cl)cc1. The van der Waals surface area contributed by atoms with Crippen LogP contribution >= 0.6 is 11.6 Å².